The SMILES string of the molecule is CC(C)Oc1nccc(C(=O)NC(CO)CC2CCCC2)c1F. The zero-order chi connectivity index (χ0) is 16.8. The minimum Gasteiger partial charge on any atom is -0.473 e. The van der Waals surface area contributed by atoms with E-state index in [1.807, 2.05) is 0 Å². The lowest BCUT2D eigenvalue weighted by atomic mass is 9.98. The summed E-state index contributed by atoms with van der Waals surface area (Å²) in [5.74, 6) is -0.967. The van der Waals surface area contributed by atoms with Crippen LogP contribution in [0.1, 0.15) is 56.3 Å². The number of pyridine rings is 1. The molecule has 1 aliphatic carbocycles. The molecule has 128 valence electrons. The van der Waals surface area contributed by atoms with Crippen LogP contribution in [-0.4, -0.2) is 34.8 Å². The number of hydrogen-bond donors (Lipinski definition) is 2. The molecule has 1 aromatic heterocycles. The maximum atomic E-state index is 14.3. The third kappa shape index (κ3) is 4.89. The number of ether oxygens (including phenoxy) is 1. The molecule has 1 heterocycles. The molecule has 0 spiro atoms. The normalized spacial score (nSPS) is 16.6. The zero-order valence-corrected chi connectivity index (χ0v) is 13.7. The number of halogens is 1. The van der Waals surface area contributed by atoms with E-state index in [1.54, 1.807) is 13.8 Å². The molecule has 1 atom stereocenters. The van der Waals surface area contributed by atoms with Crippen LogP contribution in [0.3, 0.4) is 0 Å². The molecular formula is C17H25FN2O3. The van der Waals surface area contributed by atoms with Crippen molar-refractivity contribution in [2.24, 2.45) is 5.92 Å². The Morgan fingerprint density at radius 2 is 2.17 bits per heavy atom. The summed E-state index contributed by atoms with van der Waals surface area (Å²) in [6, 6.07) is 0.967. The maximum absolute atomic E-state index is 14.3. The van der Waals surface area contributed by atoms with Crippen molar-refractivity contribution in [1.82, 2.24) is 10.3 Å². The van der Waals surface area contributed by atoms with Gasteiger partial charge >= 0.3 is 0 Å². The fraction of sp³-hybridized carbons (Fsp3) is 0.647. The molecular weight excluding hydrogens is 299 g/mol. The molecule has 5 nitrogen and oxygen atoms in total. The molecule has 1 unspecified atom stereocenters. The van der Waals surface area contributed by atoms with E-state index in [2.05, 4.69) is 10.3 Å². The van der Waals surface area contributed by atoms with Gasteiger partial charge in [0.1, 0.15) is 0 Å². The van der Waals surface area contributed by atoms with Crippen LogP contribution in [0.4, 0.5) is 4.39 Å². The molecule has 1 fully saturated rings. The number of rotatable bonds is 7. The number of nitrogens with one attached hydrogen (secondary N) is 1. The monoisotopic (exact) mass is 324 g/mol. The predicted octanol–water partition coefficient (Wildman–Crippen LogP) is 2.68. The van der Waals surface area contributed by atoms with Crippen molar-refractivity contribution in [2.75, 3.05) is 6.61 Å². The fourth-order valence-electron chi connectivity index (χ4n) is 3.00. The van der Waals surface area contributed by atoms with Gasteiger partial charge in [-0.05, 0) is 32.3 Å². The smallest absolute Gasteiger partial charge is 0.254 e. The maximum Gasteiger partial charge on any atom is 0.254 e. The van der Waals surface area contributed by atoms with Crippen LogP contribution in [0.25, 0.3) is 0 Å². The summed E-state index contributed by atoms with van der Waals surface area (Å²) in [5, 5.41) is 12.2. The first-order valence-electron chi connectivity index (χ1n) is 8.24. The van der Waals surface area contributed by atoms with E-state index in [9.17, 15) is 14.3 Å². The van der Waals surface area contributed by atoms with Crippen LogP contribution in [0.5, 0.6) is 5.88 Å². The van der Waals surface area contributed by atoms with E-state index in [0.717, 1.165) is 19.3 Å². The van der Waals surface area contributed by atoms with Gasteiger partial charge in [0.15, 0.2) is 5.82 Å². The average Bonchev–Trinajstić information content (AvgIpc) is 3.01. The standard InChI is InChI=1S/C17H25FN2O3/c1-11(2)23-17-15(18)14(7-8-19-17)16(22)20-13(10-21)9-12-5-3-4-6-12/h7-8,11-13,21H,3-6,9-10H2,1-2H3,(H,20,22). The van der Waals surface area contributed by atoms with Crippen LogP contribution in [0.15, 0.2) is 12.3 Å². The third-order valence-corrected chi connectivity index (χ3v) is 4.10. The van der Waals surface area contributed by atoms with Gasteiger partial charge in [0.25, 0.3) is 11.8 Å². The molecule has 1 amide bonds. The Morgan fingerprint density at radius 1 is 1.48 bits per heavy atom. The average molecular weight is 324 g/mol. The van der Waals surface area contributed by atoms with Crippen LogP contribution >= 0.6 is 0 Å². The van der Waals surface area contributed by atoms with Gasteiger partial charge in [-0.3, -0.25) is 4.79 Å². The van der Waals surface area contributed by atoms with E-state index in [1.165, 1.54) is 25.1 Å². The molecule has 1 aromatic rings. The van der Waals surface area contributed by atoms with E-state index >= 15 is 0 Å². The van der Waals surface area contributed by atoms with Crippen molar-refractivity contribution in [3.63, 3.8) is 0 Å². The first-order chi connectivity index (χ1) is 11.0. The molecule has 0 bridgehead atoms. The lowest BCUT2D eigenvalue weighted by Gasteiger charge is -2.20. The Kier molecular flexibility index (Phi) is 6.33. The molecule has 23 heavy (non-hydrogen) atoms. The molecule has 0 radical (unpaired) electrons. The Balaban J connectivity index is 2.03. The summed E-state index contributed by atoms with van der Waals surface area (Å²) in [6.45, 7) is 3.37. The lowest BCUT2D eigenvalue weighted by Crippen LogP contribution is -2.39. The van der Waals surface area contributed by atoms with Crippen LogP contribution in [0, 0.1) is 11.7 Å². The van der Waals surface area contributed by atoms with Crippen LogP contribution in [0.2, 0.25) is 0 Å². The number of carbonyl (C=O) groups is 1. The van der Waals surface area contributed by atoms with E-state index in [4.69, 9.17) is 4.74 Å². The van der Waals surface area contributed by atoms with E-state index in [-0.39, 0.29) is 30.2 Å². The van der Waals surface area contributed by atoms with Gasteiger partial charge in [-0.1, -0.05) is 25.7 Å². The van der Waals surface area contributed by atoms with Gasteiger partial charge in [0.05, 0.1) is 24.3 Å². The molecule has 0 aliphatic heterocycles. The van der Waals surface area contributed by atoms with E-state index in [0.29, 0.717) is 5.92 Å². The highest BCUT2D eigenvalue weighted by Crippen LogP contribution is 2.28. The number of aliphatic hydroxyl groups excluding tert-OH is 1. The summed E-state index contributed by atoms with van der Waals surface area (Å²) < 4.78 is 19.6. The summed E-state index contributed by atoms with van der Waals surface area (Å²) >= 11 is 0. The fourth-order valence-corrected chi connectivity index (χ4v) is 3.00. The van der Waals surface area contributed by atoms with Crippen molar-refractivity contribution < 1.29 is 19.0 Å². The van der Waals surface area contributed by atoms with Crippen molar-refractivity contribution >= 4 is 5.91 Å². The second kappa shape index (κ2) is 8.24. The number of nitrogens with zero attached hydrogens (tertiary/aromatic N) is 1. The zero-order valence-electron chi connectivity index (χ0n) is 13.7. The largest absolute Gasteiger partial charge is 0.473 e. The predicted molar refractivity (Wildman–Crippen MR) is 84.9 cm³/mol. The number of carbonyl (C=O) groups excluding carboxylic acids is 1. The number of aliphatic hydroxyl groups is 1. The van der Waals surface area contributed by atoms with Gasteiger partial charge in [-0.15, -0.1) is 0 Å². The highest BCUT2D eigenvalue weighted by Gasteiger charge is 2.23. The van der Waals surface area contributed by atoms with Crippen molar-refractivity contribution in [1.29, 1.82) is 0 Å². The molecule has 2 N–H and O–H groups in total. The Labute approximate surface area is 136 Å². The first kappa shape index (κ1) is 17.7. The topological polar surface area (TPSA) is 71.5 Å². The molecule has 1 saturated carbocycles. The number of aromatic nitrogens is 1. The lowest BCUT2D eigenvalue weighted by molar-refractivity contribution is 0.0900. The highest BCUT2D eigenvalue weighted by molar-refractivity contribution is 5.94. The van der Waals surface area contributed by atoms with Gasteiger partial charge < -0.3 is 15.2 Å². The van der Waals surface area contributed by atoms with Crippen LogP contribution < -0.4 is 10.1 Å². The van der Waals surface area contributed by atoms with Gasteiger partial charge in [0.2, 0.25) is 0 Å². The summed E-state index contributed by atoms with van der Waals surface area (Å²) in [6.07, 6.45) is 6.50. The third-order valence-electron chi connectivity index (χ3n) is 4.10. The molecule has 0 saturated heterocycles. The summed E-state index contributed by atoms with van der Waals surface area (Å²) in [5.41, 5.74) is -0.111. The quantitative estimate of drug-likeness (QED) is 0.809. The van der Waals surface area contributed by atoms with Gasteiger partial charge in [-0.25, -0.2) is 9.37 Å². The number of amides is 1. The molecule has 1 aliphatic rings. The molecule has 6 heteroatoms. The van der Waals surface area contributed by atoms with E-state index < -0.39 is 11.7 Å². The van der Waals surface area contributed by atoms with Crippen molar-refractivity contribution in [2.45, 2.75) is 58.1 Å². The first-order valence-corrected chi connectivity index (χ1v) is 8.24. The second-order valence-corrected chi connectivity index (χ2v) is 6.38. The molecule has 2 rings (SSSR count). The highest BCUT2D eigenvalue weighted by atomic mass is 19.1. The minimum absolute atomic E-state index is 0.111. The Bertz CT molecular complexity index is 531. The second-order valence-electron chi connectivity index (χ2n) is 6.38. The van der Waals surface area contributed by atoms with Crippen LogP contribution in [-0.2, 0) is 0 Å². The number of hydrogen-bond acceptors (Lipinski definition) is 4. The van der Waals surface area contributed by atoms with Gasteiger partial charge in [-0.2, -0.15) is 0 Å². The molecule has 0 aromatic carbocycles. The van der Waals surface area contributed by atoms with Gasteiger partial charge in [0, 0.05) is 6.20 Å². The van der Waals surface area contributed by atoms with Crippen molar-refractivity contribution in [3.05, 3.63) is 23.6 Å². The summed E-state index contributed by atoms with van der Waals surface area (Å²) in [4.78, 5) is 16.1. The minimum atomic E-state index is -0.767. The van der Waals surface area contributed by atoms with Crippen molar-refractivity contribution in [3.8, 4) is 5.88 Å². The Hall–Kier alpha value is -1.69. The Morgan fingerprint density at radius 3 is 2.78 bits per heavy atom. The summed E-state index contributed by atoms with van der Waals surface area (Å²) in [7, 11) is 0.